The summed E-state index contributed by atoms with van der Waals surface area (Å²) in [6.45, 7) is 3.76. The van der Waals surface area contributed by atoms with Gasteiger partial charge in [0, 0.05) is 11.1 Å². The van der Waals surface area contributed by atoms with Crippen molar-refractivity contribution in [2.45, 2.75) is 39.2 Å². The van der Waals surface area contributed by atoms with Gasteiger partial charge in [-0.1, -0.05) is 38.1 Å². The maximum Gasteiger partial charge on any atom is 0.330 e. The molecule has 0 unspecified atom stereocenters. The largest absolute Gasteiger partial charge is 0.480 e. The van der Waals surface area contributed by atoms with Gasteiger partial charge in [0.25, 0.3) is 0 Å². The number of Topliss-reactive ketones (excluding diaryl/α,β-unsaturated/α-hetero) is 1. The zero-order valence-corrected chi connectivity index (χ0v) is 13.9. The van der Waals surface area contributed by atoms with E-state index in [4.69, 9.17) is 5.11 Å². The van der Waals surface area contributed by atoms with Gasteiger partial charge in [0.05, 0.1) is 6.61 Å². The summed E-state index contributed by atoms with van der Waals surface area (Å²) in [6.07, 6.45) is 2.40. The highest BCUT2D eigenvalue weighted by Crippen LogP contribution is 2.46. The molecule has 0 saturated heterocycles. The number of carboxylic acids is 1. The number of fused-ring (bicyclic) bond motifs is 2. The fraction of sp³-hybridized carbons (Fsp3) is 0.421. The van der Waals surface area contributed by atoms with Crippen molar-refractivity contribution in [3.05, 3.63) is 41.0 Å². The van der Waals surface area contributed by atoms with E-state index in [0.717, 1.165) is 29.6 Å². The van der Waals surface area contributed by atoms with Crippen molar-refractivity contribution in [2.75, 3.05) is 6.61 Å². The number of carbonyl (C=O) groups excluding carboxylic acids is 1. The van der Waals surface area contributed by atoms with Crippen LogP contribution < -0.4 is 0 Å². The molecule has 1 aromatic rings. The fourth-order valence-corrected chi connectivity index (χ4v) is 3.47. The summed E-state index contributed by atoms with van der Waals surface area (Å²) in [7, 11) is 0. The van der Waals surface area contributed by atoms with Gasteiger partial charge in [-0.2, -0.15) is 0 Å². The zero-order chi connectivity index (χ0) is 17.5. The number of aliphatic carboxylic acids is 1. The van der Waals surface area contributed by atoms with E-state index in [1.54, 1.807) is 6.07 Å². The number of hydrogen-bond acceptors (Lipinski definition) is 4. The van der Waals surface area contributed by atoms with E-state index in [0.29, 0.717) is 12.0 Å². The quantitative estimate of drug-likeness (QED) is 0.893. The highest BCUT2D eigenvalue weighted by Gasteiger charge is 2.37. The Bertz CT molecular complexity index is 773. The Morgan fingerprint density at radius 1 is 1.25 bits per heavy atom. The summed E-state index contributed by atoms with van der Waals surface area (Å²) in [5, 5.41) is 18.4. The average molecular weight is 327 g/mol. The van der Waals surface area contributed by atoms with Gasteiger partial charge >= 0.3 is 5.97 Å². The Morgan fingerprint density at radius 3 is 2.54 bits per heavy atom. The lowest BCUT2D eigenvalue weighted by Crippen LogP contribution is -2.33. The van der Waals surface area contributed by atoms with E-state index in [1.165, 1.54) is 0 Å². The smallest absolute Gasteiger partial charge is 0.330 e. The van der Waals surface area contributed by atoms with E-state index >= 15 is 0 Å². The van der Waals surface area contributed by atoms with Crippen molar-refractivity contribution in [3.8, 4) is 0 Å². The molecule has 0 aromatic heterocycles. The van der Waals surface area contributed by atoms with E-state index in [1.807, 2.05) is 18.2 Å². The molecule has 2 N–H and O–H groups in total. The number of aliphatic hydroxyl groups excluding tert-OH is 1. The third kappa shape index (κ3) is 2.80. The van der Waals surface area contributed by atoms with Crippen LogP contribution in [0.2, 0.25) is 0 Å². The predicted octanol–water partition coefficient (Wildman–Crippen LogP) is 2.47. The van der Waals surface area contributed by atoms with Crippen molar-refractivity contribution in [1.82, 2.24) is 0 Å². The van der Waals surface area contributed by atoms with Crippen LogP contribution in [0.25, 0.3) is 5.57 Å². The lowest BCUT2D eigenvalue weighted by atomic mass is 9.68. The topological polar surface area (TPSA) is 87.0 Å². The van der Waals surface area contributed by atoms with E-state index in [9.17, 15) is 14.7 Å². The van der Waals surface area contributed by atoms with Crippen LogP contribution in [0.3, 0.4) is 0 Å². The second-order valence-electron chi connectivity index (χ2n) is 7.19. The molecular weight excluding hydrogens is 306 g/mol. The first-order valence-corrected chi connectivity index (χ1v) is 8.12. The molecule has 126 valence electrons. The van der Waals surface area contributed by atoms with E-state index in [2.05, 4.69) is 18.8 Å². The maximum absolute atomic E-state index is 12.9. The lowest BCUT2D eigenvalue weighted by molar-refractivity contribution is -0.139. The van der Waals surface area contributed by atoms with Crippen molar-refractivity contribution >= 4 is 23.0 Å². The lowest BCUT2D eigenvalue weighted by Gasteiger charge is -2.36. The van der Waals surface area contributed by atoms with Crippen LogP contribution in [-0.4, -0.2) is 40.3 Å². The van der Waals surface area contributed by atoms with Crippen molar-refractivity contribution < 1.29 is 19.8 Å². The summed E-state index contributed by atoms with van der Waals surface area (Å²) in [4.78, 5) is 28.2. The number of benzene rings is 1. The van der Waals surface area contributed by atoms with Crippen LogP contribution in [-0.2, 0) is 9.59 Å². The number of aliphatic hydroxyl groups is 1. The Morgan fingerprint density at radius 2 is 1.92 bits per heavy atom. The van der Waals surface area contributed by atoms with Crippen LogP contribution >= 0.6 is 0 Å². The Labute approximate surface area is 140 Å². The molecule has 0 saturated carbocycles. The number of allylic oxidation sites excluding steroid dienone is 2. The first-order chi connectivity index (χ1) is 11.3. The number of carboxylic acid groups (broad SMARTS) is 1. The maximum atomic E-state index is 12.9. The van der Waals surface area contributed by atoms with Gasteiger partial charge in [-0.15, -0.1) is 0 Å². The summed E-state index contributed by atoms with van der Waals surface area (Å²) in [6, 6.07) is 6.17. The van der Waals surface area contributed by atoms with Crippen molar-refractivity contribution in [1.29, 1.82) is 0 Å². The van der Waals surface area contributed by atoms with Gasteiger partial charge in [0.2, 0.25) is 5.78 Å². The molecule has 24 heavy (non-hydrogen) atoms. The molecule has 5 nitrogen and oxygen atoms in total. The van der Waals surface area contributed by atoms with Crippen LogP contribution in [0.1, 0.15) is 44.2 Å². The van der Waals surface area contributed by atoms with Gasteiger partial charge in [0.1, 0.15) is 5.71 Å². The van der Waals surface area contributed by atoms with Gasteiger partial charge in [-0.25, -0.2) is 4.79 Å². The molecule has 1 atom stereocenters. The summed E-state index contributed by atoms with van der Waals surface area (Å²) in [5.74, 6) is -1.43. The standard InChI is InChI=1S/C19H21NO4/c1-19(2)8-7-13-14(9-19)11-5-3-4-6-12(11)16(17(13)22)20-15(10-21)18(23)24/h3-6,15,21H,7-10H2,1-2H3,(H,23,24)/t15-/m0/s1. The first-order valence-electron chi connectivity index (χ1n) is 8.12. The molecule has 2 aliphatic rings. The molecular formula is C19H21NO4. The third-order valence-corrected chi connectivity index (χ3v) is 4.81. The molecule has 1 aromatic carbocycles. The number of rotatable bonds is 3. The van der Waals surface area contributed by atoms with Gasteiger partial charge in [0.15, 0.2) is 6.04 Å². The number of ketones is 1. The average Bonchev–Trinajstić information content (AvgIpc) is 2.53. The Kier molecular flexibility index (Phi) is 4.13. The van der Waals surface area contributed by atoms with E-state index in [-0.39, 0.29) is 16.9 Å². The van der Waals surface area contributed by atoms with Crippen LogP contribution in [0.4, 0.5) is 0 Å². The number of nitrogens with zero attached hydrogens (tertiary/aromatic N) is 1. The molecule has 0 heterocycles. The molecule has 0 radical (unpaired) electrons. The van der Waals surface area contributed by atoms with Crippen LogP contribution in [0, 0.1) is 5.41 Å². The van der Waals surface area contributed by atoms with Gasteiger partial charge < -0.3 is 10.2 Å². The van der Waals surface area contributed by atoms with Crippen LogP contribution in [0.15, 0.2) is 34.8 Å². The highest BCUT2D eigenvalue weighted by molar-refractivity contribution is 6.54. The minimum absolute atomic E-state index is 0.134. The number of aliphatic imine (C=N–C) groups is 1. The summed E-state index contributed by atoms with van der Waals surface area (Å²) >= 11 is 0. The van der Waals surface area contributed by atoms with Crippen molar-refractivity contribution in [2.24, 2.45) is 10.4 Å². The minimum atomic E-state index is -1.32. The van der Waals surface area contributed by atoms with Gasteiger partial charge in [-0.3, -0.25) is 9.79 Å². The SMILES string of the molecule is CC1(C)CCC2=C(C1)c1ccccc1C(=N[C@@H](CO)C(=O)O)C2=O. The number of carbonyl (C=O) groups is 2. The predicted molar refractivity (Wildman–Crippen MR) is 91.0 cm³/mol. The molecule has 5 heteroatoms. The fourth-order valence-electron chi connectivity index (χ4n) is 3.47. The Hall–Kier alpha value is -2.27. The molecule has 3 rings (SSSR count). The van der Waals surface area contributed by atoms with Gasteiger partial charge in [-0.05, 0) is 35.8 Å². The number of hydrogen-bond donors (Lipinski definition) is 2. The van der Waals surface area contributed by atoms with E-state index < -0.39 is 18.6 Å². The molecule has 0 spiro atoms. The first kappa shape index (κ1) is 16.6. The monoisotopic (exact) mass is 327 g/mol. The van der Waals surface area contributed by atoms with Crippen molar-refractivity contribution in [3.63, 3.8) is 0 Å². The molecule has 0 bridgehead atoms. The second-order valence-corrected chi connectivity index (χ2v) is 7.19. The second kappa shape index (κ2) is 5.98. The summed E-state index contributed by atoms with van der Waals surface area (Å²) in [5.41, 5.74) is 3.72. The molecule has 0 fully saturated rings. The molecule has 0 aliphatic heterocycles. The van der Waals surface area contributed by atoms with Crippen LogP contribution in [0.5, 0.6) is 0 Å². The normalized spacial score (nSPS) is 22.1. The summed E-state index contributed by atoms with van der Waals surface area (Å²) < 4.78 is 0. The highest BCUT2D eigenvalue weighted by atomic mass is 16.4. The third-order valence-electron chi connectivity index (χ3n) is 4.81. The molecule has 2 aliphatic carbocycles. The Balaban J connectivity index is 2.17. The minimum Gasteiger partial charge on any atom is -0.480 e. The molecule has 0 amide bonds. The zero-order valence-electron chi connectivity index (χ0n) is 13.9.